The second kappa shape index (κ2) is 8.43. The molecule has 0 amide bonds. The van der Waals surface area contributed by atoms with Crippen molar-refractivity contribution in [2.75, 3.05) is 44.2 Å². The van der Waals surface area contributed by atoms with Crippen molar-refractivity contribution >= 4 is 46.4 Å². The third-order valence-electron chi connectivity index (χ3n) is 4.11. The van der Waals surface area contributed by atoms with Gasteiger partial charge in [-0.2, -0.15) is 9.97 Å². The van der Waals surface area contributed by atoms with Crippen LogP contribution in [0.5, 0.6) is 5.75 Å². The Morgan fingerprint density at radius 3 is 2.57 bits per heavy atom. The molecule has 0 fully saturated rings. The van der Waals surface area contributed by atoms with E-state index in [1.807, 2.05) is 0 Å². The van der Waals surface area contributed by atoms with Crippen LogP contribution in [-0.2, 0) is 14.3 Å². The first-order valence-corrected chi connectivity index (χ1v) is 8.55. The first-order valence-electron chi connectivity index (χ1n) is 8.55. The largest absolute Gasteiger partial charge is 0.481 e. The van der Waals surface area contributed by atoms with E-state index in [0.717, 1.165) is 0 Å². The van der Waals surface area contributed by atoms with E-state index in [-0.39, 0.29) is 35.3 Å². The SMILES string of the molecule is COC(=O)COc1cc(N(C)c2cnc3nc(N)nc(N)c3n2)ccc1C(=O)OC. The molecular weight excluding hydrogens is 394 g/mol. The lowest BCUT2D eigenvalue weighted by Crippen LogP contribution is -2.16. The molecule has 30 heavy (non-hydrogen) atoms. The fraction of sp³-hybridized carbons (Fsp3) is 0.222. The molecule has 2 aromatic heterocycles. The van der Waals surface area contributed by atoms with Gasteiger partial charge in [0.05, 0.1) is 20.4 Å². The van der Waals surface area contributed by atoms with Crippen molar-refractivity contribution in [3.63, 3.8) is 0 Å². The van der Waals surface area contributed by atoms with Gasteiger partial charge in [-0.3, -0.25) is 0 Å². The van der Waals surface area contributed by atoms with Gasteiger partial charge in [0.2, 0.25) is 5.95 Å². The number of rotatable bonds is 6. The number of carbonyl (C=O) groups excluding carboxylic acids is 2. The van der Waals surface area contributed by atoms with E-state index < -0.39 is 11.9 Å². The minimum Gasteiger partial charge on any atom is -0.481 e. The normalized spacial score (nSPS) is 10.5. The first kappa shape index (κ1) is 20.5. The fourth-order valence-electron chi connectivity index (χ4n) is 2.54. The molecule has 1 aromatic carbocycles. The van der Waals surface area contributed by atoms with Crippen LogP contribution in [0.25, 0.3) is 11.2 Å². The van der Waals surface area contributed by atoms with E-state index in [0.29, 0.717) is 17.0 Å². The fourth-order valence-corrected chi connectivity index (χ4v) is 2.54. The number of carbonyl (C=O) groups is 2. The highest BCUT2D eigenvalue weighted by Crippen LogP contribution is 2.30. The zero-order valence-electron chi connectivity index (χ0n) is 16.4. The van der Waals surface area contributed by atoms with E-state index in [1.165, 1.54) is 26.5 Å². The molecule has 2 heterocycles. The van der Waals surface area contributed by atoms with Crippen LogP contribution in [0.4, 0.5) is 23.3 Å². The molecular formula is C18H19N7O5. The van der Waals surface area contributed by atoms with Crippen LogP contribution < -0.4 is 21.1 Å². The second-order valence-corrected chi connectivity index (χ2v) is 5.96. The highest BCUT2D eigenvalue weighted by Gasteiger charge is 2.18. The van der Waals surface area contributed by atoms with Gasteiger partial charge in [0.15, 0.2) is 29.4 Å². The summed E-state index contributed by atoms with van der Waals surface area (Å²) in [6.45, 7) is -0.376. The van der Waals surface area contributed by atoms with Crippen LogP contribution in [0.3, 0.4) is 0 Å². The van der Waals surface area contributed by atoms with Crippen molar-refractivity contribution < 1.29 is 23.8 Å². The molecule has 3 aromatic rings. The predicted molar refractivity (Wildman–Crippen MR) is 107 cm³/mol. The Labute approximate surface area is 170 Å². The molecule has 0 radical (unpaired) electrons. The average molecular weight is 413 g/mol. The maximum Gasteiger partial charge on any atom is 0.343 e. The van der Waals surface area contributed by atoms with Crippen LogP contribution in [-0.4, -0.2) is 59.7 Å². The predicted octanol–water partition coefficient (Wildman–Crippen LogP) is 0.690. The third kappa shape index (κ3) is 4.11. The summed E-state index contributed by atoms with van der Waals surface area (Å²) in [5.41, 5.74) is 12.7. The Kier molecular flexibility index (Phi) is 5.76. The standard InChI is InChI=1S/C18H19N7O5/c1-25(12-7-21-16-14(22-12)15(19)23-18(20)24-16)9-4-5-10(17(27)29-3)11(6-9)30-8-13(26)28-2/h4-7H,8H2,1-3H3,(H4,19,20,21,23,24). The molecule has 0 atom stereocenters. The van der Waals surface area contributed by atoms with E-state index in [4.69, 9.17) is 20.9 Å². The molecule has 156 valence electrons. The maximum atomic E-state index is 12.0. The van der Waals surface area contributed by atoms with Crippen molar-refractivity contribution in [2.45, 2.75) is 0 Å². The number of anilines is 4. The molecule has 0 unspecified atom stereocenters. The third-order valence-corrected chi connectivity index (χ3v) is 4.11. The number of methoxy groups -OCH3 is 2. The summed E-state index contributed by atoms with van der Waals surface area (Å²) in [7, 11) is 4.20. The van der Waals surface area contributed by atoms with Crippen LogP contribution in [0.2, 0.25) is 0 Å². The summed E-state index contributed by atoms with van der Waals surface area (Å²) in [5.74, 6) is -0.547. The van der Waals surface area contributed by atoms with Crippen molar-refractivity contribution in [2.24, 2.45) is 0 Å². The summed E-state index contributed by atoms with van der Waals surface area (Å²) in [6, 6.07) is 4.73. The number of nitrogens with zero attached hydrogens (tertiary/aromatic N) is 5. The molecule has 0 saturated carbocycles. The van der Waals surface area contributed by atoms with Crippen LogP contribution in [0.1, 0.15) is 10.4 Å². The minimum absolute atomic E-state index is 0.00111. The van der Waals surface area contributed by atoms with Crippen LogP contribution >= 0.6 is 0 Å². The molecule has 12 nitrogen and oxygen atoms in total. The van der Waals surface area contributed by atoms with Gasteiger partial charge in [-0.1, -0.05) is 0 Å². The average Bonchev–Trinajstić information content (AvgIpc) is 2.75. The number of nitrogens with two attached hydrogens (primary N) is 2. The van der Waals surface area contributed by atoms with Crippen molar-refractivity contribution in [3.05, 3.63) is 30.0 Å². The number of fused-ring (bicyclic) bond motifs is 1. The zero-order valence-corrected chi connectivity index (χ0v) is 16.4. The number of hydrogen-bond donors (Lipinski definition) is 2. The Bertz CT molecular complexity index is 1120. The van der Waals surface area contributed by atoms with Crippen LogP contribution in [0, 0.1) is 0 Å². The van der Waals surface area contributed by atoms with E-state index in [2.05, 4.69) is 24.7 Å². The lowest BCUT2D eigenvalue weighted by molar-refractivity contribution is -0.142. The monoisotopic (exact) mass is 413 g/mol. The Balaban J connectivity index is 1.98. The molecule has 4 N–H and O–H groups in total. The molecule has 0 bridgehead atoms. The lowest BCUT2D eigenvalue weighted by atomic mass is 10.1. The Morgan fingerprint density at radius 1 is 1.10 bits per heavy atom. The van der Waals surface area contributed by atoms with Gasteiger partial charge in [0, 0.05) is 18.8 Å². The molecule has 0 saturated heterocycles. The molecule has 0 spiro atoms. The number of ether oxygens (including phenoxy) is 3. The van der Waals surface area contributed by atoms with Gasteiger partial charge < -0.3 is 30.6 Å². The molecule has 0 aliphatic heterocycles. The van der Waals surface area contributed by atoms with Gasteiger partial charge >= 0.3 is 11.9 Å². The number of benzene rings is 1. The van der Waals surface area contributed by atoms with Crippen molar-refractivity contribution in [1.82, 2.24) is 19.9 Å². The number of aromatic nitrogens is 4. The van der Waals surface area contributed by atoms with Crippen LogP contribution in [0.15, 0.2) is 24.4 Å². The Hall–Kier alpha value is -4.22. The van der Waals surface area contributed by atoms with Gasteiger partial charge in [-0.25, -0.2) is 19.6 Å². The molecule has 0 aliphatic carbocycles. The van der Waals surface area contributed by atoms with Crippen molar-refractivity contribution in [3.8, 4) is 5.75 Å². The minimum atomic E-state index is -0.614. The number of hydrogen-bond acceptors (Lipinski definition) is 12. The van der Waals surface area contributed by atoms with Gasteiger partial charge in [0.1, 0.15) is 11.3 Å². The topological polar surface area (TPSA) is 169 Å². The summed E-state index contributed by atoms with van der Waals surface area (Å²) in [6.07, 6.45) is 1.48. The Morgan fingerprint density at radius 2 is 1.87 bits per heavy atom. The lowest BCUT2D eigenvalue weighted by Gasteiger charge is -2.20. The summed E-state index contributed by atoms with van der Waals surface area (Å²) in [4.78, 5) is 41.7. The van der Waals surface area contributed by atoms with E-state index in [9.17, 15) is 9.59 Å². The highest BCUT2D eigenvalue weighted by molar-refractivity contribution is 5.93. The van der Waals surface area contributed by atoms with E-state index >= 15 is 0 Å². The summed E-state index contributed by atoms with van der Waals surface area (Å²) < 4.78 is 14.8. The van der Waals surface area contributed by atoms with Gasteiger partial charge in [-0.05, 0) is 12.1 Å². The van der Waals surface area contributed by atoms with E-state index in [1.54, 1.807) is 24.1 Å². The maximum absolute atomic E-state index is 12.0. The quantitative estimate of drug-likeness (QED) is 0.543. The highest BCUT2D eigenvalue weighted by atomic mass is 16.6. The number of esters is 2. The molecule has 12 heteroatoms. The summed E-state index contributed by atoms with van der Waals surface area (Å²) in [5, 5.41) is 0. The number of nitrogen functional groups attached to an aromatic ring is 2. The first-order chi connectivity index (χ1) is 14.3. The molecule has 0 aliphatic rings. The molecule has 3 rings (SSSR count). The van der Waals surface area contributed by atoms with Crippen molar-refractivity contribution in [1.29, 1.82) is 0 Å². The zero-order chi connectivity index (χ0) is 21.8. The smallest absolute Gasteiger partial charge is 0.343 e. The second-order valence-electron chi connectivity index (χ2n) is 5.96. The van der Waals surface area contributed by atoms with Gasteiger partial charge in [0.25, 0.3) is 0 Å². The summed E-state index contributed by atoms with van der Waals surface area (Å²) >= 11 is 0. The van der Waals surface area contributed by atoms with Gasteiger partial charge in [-0.15, -0.1) is 0 Å².